The van der Waals surface area contributed by atoms with Crippen molar-refractivity contribution >= 4 is 17.5 Å². The van der Waals surface area contributed by atoms with Gasteiger partial charge in [-0.1, -0.05) is 12.1 Å². The summed E-state index contributed by atoms with van der Waals surface area (Å²) in [6.45, 7) is 0. The molecular weight excluding hydrogens is 314 g/mol. The predicted molar refractivity (Wildman–Crippen MR) is 87.7 cm³/mol. The van der Waals surface area contributed by atoms with Gasteiger partial charge in [0.25, 0.3) is 0 Å². The monoisotopic (exact) mass is 329 g/mol. The van der Waals surface area contributed by atoms with E-state index in [1.54, 1.807) is 18.2 Å². The number of allylic oxidation sites excluding steroid dienone is 1. The van der Waals surface area contributed by atoms with Crippen LogP contribution in [-0.4, -0.2) is 30.0 Å². The number of nitro groups is 1. The van der Waals surface area contributed by atoms with Crippen molar-refractivity contribution in [1.82, 2.24) is 0 Å². The molecule has 0 amide bonds. The molecule has 0 spiro atoms. The van der Waals surface area contributed by atoms with Gasteiger partial charge in [-0.15, -0.1) is 0 Å². The highest BCUT2D eigenvalue weighted by Gasteiger charge is 2.14. The highest BCUT2D eigenvalue weighted by Crippen LogP contribution is 2.28. The molecule has 124 valence electrons. The van der Waals surface area contributed by atoms with E-state index in [9.17, 15) is 20.0 Å². The number of methoxy groups -OCH3 is 2. The number of hydrogen-bond donors (Lipinski definition) is 1. The fourth-order valence-corrected chi connectivity index (χ4v) is 2.05. The largest absolute Gasteiger partial charge is 0.502 e. The molecule has 7 nitrogen and oxygen atoms in total. The van der Waals surface area contributed by atoms with Crippen LogP contribution >= 0.6 is 0 Å². The molecule has 2 aromatic carbocycles. The normalized spacial score (nSPS) is 10.6. The first-order chi connectivity index (χ1) is 11.5. The summed E-state index contributed by atoms with van der Waals surface area (Å²) < 4.78 is 10.2. The third kappa shape index (κ3) is 3.70. The fourth-order valence-electron chi connectivity index (χ4n) is 2.05. The van der Waals surface area contributed by atoms with E-state index in [1.165, 1.54) is 44.6 Å². The standard InChI is InChI=1S/C17H15NO6/c1-23-12-5-6-13(17(10-12)24-2)15(19)7-3-11-4-8-16(20)14(9-11)18(21)22/h3-10,20H,1-2H3. The van der Waals surface area contributed by atoms with Crippen LogP contribution in [0.1, 0.15) is 15.9 Å². The van der Waals surface area contributed by atoms with Crippen molar-refractivity contribution in [3.05, 3.63) is 63.7 Å². The Kier molecular flexibility index (Phi) is 5.16. The third-order valence-electron chi connectivity index (χ3n) is 3.30. The van der Waals surface area contributed by atoms with Crippen molar-refractivity contribution < 1.29 is 24.3 Å². The lowest BCUT2D eigenvalue weighted by molar-refractivity contribution is -0.385. The molecule has 0 aliphatic heterocycles. The molecule has 0 atom stereocenters. The Morgan fingerprint density at radius 1 is 1.17 bits per heavy atom. The van der Waals surface area contributed by atoms with E-state index in [2.05, 4.69) is 0 Å². The molecule has 2 rings (SSSR count). The van der Waals surface area contributed by atoms with Gasteiger partial charge in [0.1, 0.15) is 11.5 Å². The number of ketones is 1. The number of benzene rings is 2. The first-order valence-electron chi connectivity index (χ1n) is 6.88. The maximum Gasteiger partial charge on any atom is 0.311 e. The van der Waals surface area contributed by atoms with Gasteiger partial charge in [0, 0.05) is 12.1 Å². The van der Waals surface area contributed by atoms with Crippen LogP contribution < -0.4 is 9.47 Å². The third-order valence-corrected chi connectivity index (χ3v) is 3.30. The Bertz CT molecular complexity index is 813. The molecule has 0 saturated carbocycles. The molecule has 0 aromatic heterocycles. The Hall–Kier alpha value is -3.35. The number of nitro benzene ring substituents is 1. The minimum atomic E-state index is -0.693. The number of carbonyl (C=O) groups excluding carboxylic acids is 1. The van der Waals surface area contributed by atoms with Crippen molar-refractivity contribution in [2.24, 2.45) is 0 Å². The van der Waals surface area contributed by atoms with Crippen molar-refractivity contribution in [1.29, 1.82) is 0 Å². The van der Waals surface area contributed by atoms with Gasteiger partial charge in [0.15, 0.2) is 11.5 Å². The van der Waals surface area contributed by atoms with E-state index in [1.807, 2.05) is 0 Å². The van der Waals surface area contributed by atoms with Gasteiger partial charge < -0.3 is 14.6 Å². The number of aromatic hydroxyl groups is 1. The number of rotatable bonds is 6. The van der Waals surface area contributed by atoms with Crippen LogP contribution in [0.15, 0.2) is 42.5 Å². The van der Waals surface area contributed by atoms with Crippen LogP contribution in [0.25, 0.3) is 6.08 Å². The highest BCUT2D eigenvalue weighted by atomic mass is 16.6. The van der Waals surface area contributed by atoms with Crippen molar-refractivity contribution in [3.8, 4) is 17.2 Å². The van der Waals surface area contributed by atoms with Gasteiger partial charge in [-0.3, -0.25) is 14.9 Å². The Morgan fingerprint density at radius 2 is 1.92 bits per heavy atom. The van der Waals surface area contributed by atoms with Gasteiger partial charge >= 0.3 is 5.69 Å². The molecule has 1 N–H and O–H groups in total. The molecule has 0 aliphatic rings. The summed E-state index contributed by atoms with van der Waals surface area (Å²) in [7, 11) is 2.95. The average Bonchev–Trinajstić information content (AvgIpc) is 2.59. The predicted octanol–water partition coefficient (Wildman–Crippen LogP) is 3.21. The SMILES string of the molecule is COc1ccc(C(=O)C=Cc2ccc(O)c([N+](=O)[O-])c2)c(OC)c1. The van der Waals surface area contributed by atoms with Gasteiger partial charge in [-0.2, -0.15) is 0 Å². The van der Waals surface area contributed by atoms with Crippen LogP contribution in [0.4, 0.5) is 5.69 Å². The molecule has 7 heteroatoms. The van der Waals surface area contributed by atoms with Crippen molar-refractivity contribution in [3.63, 3.8) is 0 Å². The van der Waals surface area contributed by atoms with Gasteiger partial charge in [0.05, 0.1) is 24.7 Å². The molecule has 0 bridgehead atoms. The number of phenols is 1. The fraction of sp³-hybridized carbons (Fsp3) is 0.118. The Balaban J connectivity index is 2.28. The van der Waals surface area contributed by atoms with E-state index < -0.39 is 16.4 Å². The molecule has 0 radical (unpaired) electrons. The number of phenolic OH excluding ortho intramolecular Hbond substituents is 1. The van der Waals surface area contributed by atoms with Crippen molar-refractivity contribution in [2.45, 2.75) is 0 Å². The van der Waals surface area contributed by atoms with Crippen molar-refractivity contribution in [2.75, 3.05) is 14.2 Å². The van der Waals surface area contributed by atoms with Gasteiger partial charge in [-0.25, -0.2) is 0 Å². The van der Waals surface area contributed by atoms with Crippen LogP contribution in [0.3, 0.4) is 0 Å². The first-order valence-corrected chi connectivity index (χ1v) is 6.88. The average molecular weight is 329 g/mol. The molecule has 0 saturated heterocycles. The van der Waals surface area contributed by atoms with Gasteiger partial charge in [0.2, 0.25) is 0 Å². The summed E-state index contributed by atoms with van der Waals surface area (Å²) in [6, 6.07) is 8.66. The summed E-state index contributed by atoms with van der Waals surface area (Å²) in [5, 5.41) is 20.2. The first kappa shape index (κ1) is 17.0. The van der Waals surface area contributed by atoms with E-state index >= 15 is 0 Å². The number of nitrogens with zero attached hydrogens (tertiary/aromatic N) is 1. The summed E-state index contributed by atoms with van der Waals surface area (Å²) >= 11 is 0. The Morgan fingerprint density at radius 3 is 2.54 bits per heavy atom. The van der Waals surface area contributed by atoms with Crippen LogP contribution in [0, 0.1) is 10.1 Å². The second-order valence-corrected chi connectivity index (χ2v) is 4.77. The quantitative estimate of drug-likeness (QED) is 0.378. The summed E-state index contributed by atoms with van der Waals surface area (Å²) in [5.74, 6) is 0.160. The minimum Gasteiger partial charge on any atom is -0.502 e. The lowest BCUT2D eigenvalue weighted by atomic mass is 10.1. The number of hydrogen-bond acceptors (Lipinski definition) is 6. The van der Waals surface area contributed by atoms with Crippen LogP contribution in [0.5, 0.6) is 17.2 Å². The maximum absolute atomic E-state index is 12.3. The molecule has 24 heavy (non-hydrogen) atoms. The summed E-state index contributed by atoms with van der Waals surface area (Å²) in [6.07, 6.45) is 2.71. The van der Waals surface area contributed by atoms with E-state index in [0.29, 0.717) is 22.6 Å². The van der Waals surface area contributed by atoms with E-state index in [-0.39, 0.29) is 5.78 Å². The zero-order valence-corrected chi connectivity index (χ0v) is 13.1. The zero-order chi connectivity index (χ0) is 17.7. The molecule has 0 heterocycles. The van der Waals surface area contributed by atoms with Crippen LogP contribution in [-0.2, 0) is 0 Å². The zero-order valence-electron chi connectivity index (χ0n) is 13.1. The second kappa shape index (κ2) is 7.28. The van der Waals surface area contributed by atoms with E-state index in [0.717, 1.165) is 0 Å². The van der Waals surface area contributed by atoms with Gasteiger partial charge in [-0.05, 0) is 29.8 Å². The lowest BCUT2D eigenvalue weighted by Gasteiger charge is -2.07. The second-order valence-electron chi connectivity index (χ2n) is 4.77. The topological polar surface area (TPSA) is 98.9 Å². The molecule has 0 aliphatic carbocycles. The number of carbonyl (C=O) groups is 1. The number of ether oxygens (including phenoxy) is 2. The lowest BCUT2D eigenvalue weighted by Crippen LogP contribution is -1.99. The molecule has 2 aromatic rings. The molecular formula is C17H15NO6. The Labute approximate surface area is 137 Å². The summed E-state index contributed by atoms with van der Waals surface area (Å²) in [5.41, 5.74) is 0.329. The van der Waals surface area contributed by atoms with Crippen LogP contribution in [0.2, 0.25) is 0 Å². The minimum absolute atomic E-state index is 0.328. The van der Waals surface area contributed by atoms with E-state index in [4.69, 9.17) is 9.47 Å². The highest BCUT2D eigenvalue weighted by molar-refractivity contribution is 6.08. The molecule has 0 unspecified atom stereocenters. The maximum atomic E-state index is 12.3. The summed E-state index contributed by atoms with van der Waals surface area (Å²) in [4.78, 5) is 22.4. The smallest absolute Gasteiger partial charge is 0.311 e. The molecule has 0 fully saturated rings.